The third kappa shape index (κ3) is 4.92. The molecule has 0 radical (unpaired) electrons. The summed E-state index contributed by atoms with van der Waals surface area (Å²) >= 11 is 0. The highest BCUT2D eigenvalue weighted by Crippen LogP contribution is 2.32. The molecule has 2 aliphatic heterocycles. The van der Waals surface area contributed by atoms with Gasteiger partial charge in [-0.15, -0.1) is 0 Å². The van der Waals surface area contributed by atoms with E-state index in [4.69, 9.17) is 4.74 Å². The maximum absolute atomic E-state index is 12.9. The monoisotopic (exact) mass is 434 g/mol. The normalized spacial score (nSPS) is 20.6. The second-order valence-electron chi connectivity index (χ2n) is 7.43. The number of rotatable bonds is 4. The van der Waals surface area contributed by atoms with Crippen LogP contribution in [0.5, 0.6) is 0 Å². The summed E-state index contributed by atoms with van der Waals surface area (Å²) in [4.78, 5) is 13.7. The van der Waals surface area contributed by atoms with Crippen molar-refractivity contribution in [2.75, 3.05) is 26.3 Å². The number of carbonyl (C=O) groups is 1. The van der Waals surface area contributed by atoms with Crippen molar-refractivity contribution in [2.24, 2.45) is 0 Å². The van der Waals surface area contributed by atoms with Crippen molar-refractivity contribution in [1.82, 2.24) is 9.21 Å². The fourth-order valence-electron chi connectivity index (χ4n) is 4.12. The van der Waals surface area contributed by atoms with Gasteiger partial charge in [0.2, 0.25) is 15.9 Å². The van der Waals surface area contributed by atoms with Crippen LogP contribution in [0.4, 0.5) is 13.2 Å². The number of nitrogens with zero attached hydrogens (tertiary/aromatic N) is 2. The number of hydrogen-bond acceptors (Lipinski definition) is 4. The number of benzene rings is 1. The van der Waals surface area contributed by atoms with Gasteiger partial charge < -0.3 is 9.64 Å². The van der Waals surface area contributed by atoms with Gasteiger partial charge in [-0.3, -0.25) is 4.79 Å². The van der Waals surface area contributed by atoms with Gasteiger partial charge in [-0.1, -0.05) is 6.07 Å². The molecule has 2 heterocycles. The van der Waals surface area contributed by atoms with E-state index in [1.807, 2.05) is 4.90 Å². The molecule has 1 amide bonds. The Kier molecular flexibility index (Phi) is 6.54. The summed E-state index contributed by atoms with van der Waals surface area (Å²) in [5, 5.41) is 0. The van der Waals surface area contributed by atoms with Crippen molar-refractivity contribution >= 4 is 15.9 Å². The molecule has 0 spiro atoms. The highest BCUT2D eigenvalue weighted by atomic mass is 32.2. The Balaban J connectivity index is 1.71. The molecule has 0 saturated carbocycles. The number of piperidine rings is 1. The Hall–Kier alpha value is -1.65. The molecule has 6 nitrogen and oxygen atoms in total. The fourth-order valence-corrected chi connectivity index (χ4v) is 5.63. The summed E-state index contributed by atoms with van der Waals surface area (Å²) in [7, 11) is -4.03. The molecular weight excluding hydrogens is 409 g/mol. The van der Waals surface area contributed by atoms with Crippen LogP contribution >= 0.6 is 0 Å². The van der Waals surface area contributed by atoms with E-state index in [9.17, 15) is 26.4 Å². The molecule has 0 aromatic heterocycles. The number of hydrogen-bond donors (Lipinski definition) is 0. The zero-order valence-electron chi connectivity index (χ0n) is 16.2. The first kappa shape index (κ1) is 22.0. The largest absolute Gasteiger partial charge is 0.416 e. The molecule has 1 aromatic rings. The molecule has 162 valence electrons. The van der Waals surface area contributed by atoms with Gasteiger partial charge in [-0.05, 0) is 43.9 Å². The van der Waals surface area contributed by atoms with Crippen molar-refractivity contribution in [2.45, 2.75) is 55.8 Å². The van der Waals surface area contributed by atoms with Crippen molar-refractivity contribution in [1.29, 1.82) is 0 Å². The van der Waals surface area contributed by atoms with Crippen LogP contribution in [0.2, 0.25) is 0 Å². The molecule has 0 unspecified atom stereocenters. The lowest BCUT2D eigenvalue weighted by atomic mass is 9.99. The minimum atomic E-state index is -4.61. The van der Waals surface area contributed by atoms with E-state index in [-0.39, 0.29) is 36.0 Å². The van der Waals surface area contributed by atoms with Gasteiger partial charge in [-0.2, -0.15) is 17.5 Å². The minimum Gasteiger partial charge on any atom is -0.381 e. The van der Waals surface area contributed by atoms with Crippen LogP contribution in [-0.2, 0) is 25.7 Å². The summed E-state index contributed by atoms with van der Waals surface area (Å²) in [6, 6.07) is 3.81. The number of ether oxygens (including phenoxy) is 1. The summed E-state index contributed by atoms with van der Waals surface area (Å²) in [5.74, 6) is -0.0453. The van der Waals surface area contributed by atoms with Crippen molar-refractivity contribution in [3.63, 3.8) is 0 Å². The lowest BCUT2D eigenvalue weighted by Gasteiger charge is -2.43. The second-order valence-corrected chi connectivity index (χ2v) is 9.37. The molecule has 2 fully saturated rings. The average molecular weight is 434 g/mol. The Morgan fingerprint density at radius 2 is 1.69 bits per heavy atom. The molecule has 2 saturated heterocycles. The molecule has 0 N–H and O–H groups in total. The summed E-state index contributed by atoms with van der Waals surface area (Å²) in [6.45, 7) is 3.03. The summed E-state index contributed by atoms with van der Waals surface area (Å²) < 4.78 is 71.1. The number of amides is 1. The van der Waals surface area contributed by atoms with E-state index in [0.29, 0.717) is 32.1 Å². The van der Waals surface area contributed by atoms with Crippen LogP contribution in [0.1, 0.15) is 38.2 Å². The van der Waals surface area contributed by atoms with Crippen LogP contribution < -0.4 is 0 Å². The number of halogens is 3. The molecule has 2 aliphatic rings. The molecule has 1 aromatic carbocycles. The average Bonchev–Trinajstić information content (AvgIpc) is 2.68. The van der Waals surface area contributed by atoms with E-state index >= 15 is 0 Å². The zero-order chi connectivity index (χ0) is 21.2. The number of sulfonamides is 1. The molecule has 29 heavy (non-hydrogen) atoms. The van der Waals surface area contributed by atoms with Crippen molar-refractivity contribution in [3.8, 4) is 0 Å². The van der Waals surface area contributed by atoms with Crippen LogP contribution in [0.25, 0.3) is 0 Å². The number of alkyl halides is 3. The Labute approximate surface area is 168 Å². The van der Waals surface area contributed by atoms with E-state index < -0.39 is 21.8 Å². The third-order valence-electron chi connectivity index (χ3n) is 5.56. The Bertz CT molecular complexity index is 830. The molecular formula is C19H25F3N2O4S. The van der Waals surface area contributed by atoms with Crippen LogP contribution in [0, 0.1) is 0 Å². The lowest BCUT2D eigenvalue weighted by molar-refractivity contribution is -0.138. The standard InChI is InChI=1S/C19H25F3N2O4S/c1-14(25)24(17-7-11-28-12-8-17)16-5-9-23(10-6-16)29(26,27)18-4-2-3-15(13-18)19(20,21)22/h2-4,13,16-17H,5-12H2,1H3. The van der Waals surface area contributed by atoms with Crippen LogP contribution in [0.15, 0.2) is 29.2 Å². The molecule has 0 aliphatic carbocycles. The van der Waals surface area contributed by atoms with Crippen molar-refractivity contribution in [3.05, 3.63) is 29.8 Å². The quantitative estimate of drug-likeness (QED) is 0.731. The Morgan fingerprint density at radius 3 is 2.24 bits per heavy atom. The van der Waals surface area contributed by atoms with Crippen LogP contribution in [-0.4, -0.2) is 61.9 Å². The van der Waals surface area contributed by atoms with E-state index in [1.54, 1.807) is 0 Å². The second kappa shape index (κ2) is 8.61. The van der Waals surface area contributed by atoms with Crippen molar-refractivity contribution < 1.29 is 31.1 Å². The molecule has 0 atom stereocenters. The molecule has 10 heteroatoms. The van der Waals surface area contributed by atoms with Gasteiger partial charge in [0.25, 0.3) is 0 Å². The zero-order valence-corrected chi connectivity index (χ0v) is 17.0. The maximum Gasteiger partial charge on any atom is 0.416 e. The first-order valence-electron chi connectivity index (χ1n) is 9.65. The number of carbonyl (C=O) groups excluding carboxylic acids is 1. The topological polar surface area (TPSA) is 66.9 Å². The van der Waals surface area contributed by atoms with Gasteiger partial charge in [0.15, 0.2) is 0 Å². The molecule has 0 bridgehead atoms. The van der Waals surface area contributed by atoms with E-state index in [1.165, 1.54) is 17.3 Å². The highest BCUT2D eigenvalue weighted by Gasteiger charge is 2.37. The maximum atomic E-state index is 12.9. The van der Waals surface area contributed by atoms with Gasteiger partial charge >= 0.3 is 6.18 Å². The lowest BCUT2D eigenvalue weighted by Crippen LogP contribution is -2.53. The smallest absolute Gasteiger partial charge is 0.381 e. The summed E-state index contributed by atoms with van der Waals surface area (Å²) in [6.07, 6.45) is -2.20. The SMILES string of the molecule is CC(=O)N(C1CCOCC1)C1CCN(S(=O)(=O)c2cccc(C(F)(F)F)c2)CC1. The Morgan fingerprint density at radius 1 is 1.10 bits per heavy atom. The summed E-state index contributed by atoms with van der Waals surface area (Å²) in [5.41, 5.74) is -0.990. The molecule has 3 rings (SSSR count). The predicted octanol–water partition coefficient (Wildman–Crippen LogP) is 2.89. The van der Waals surface area contributed by atoms with Gasteiger partial charge in [0, 0.05) is 45.3 Å². The van der Waals surface area contributed by atoms with Gasteiger partial charge in [-0.25, -0.2) is 8.42 Å². The first-order valence-corrected chi connectivity index (χ1v) is 11.1. The fraction of sp³-hybridized carbons (Fsp3) is 0.632. The minimum absolute atomic E-state index is 0.0453. The van der Waals surface area contributed by atoms with Gasteiger partial charge in [0.05, 0.1) is 10.5 Å². The van der Waals surface area contributed by atoms with E-state index in [2.05, 4.69) is 0 Å². The third-order valence-corrected chi connectivity index (χ3v) is 7.46. The highest BCUT2D eigenvalue weighted by molar-refractivity contribution is 7.89. The van der Waals surface area contributed by atoms with Crippen LogP contribution in [0.3, 0.4) is 0 Å². The van der Waals surface area contributed by atoms with E-state index in [0.717, 1.165) is 25.0 Å². The van der Waals surface area contributed by atoms with Gasteiger partial charge in [0.1, 0.15) is 0 Å². The predicted molar refractivity (Wildman–Crippen MR) is 99.6 cm³/mol. The first-order chi connectivity index (χ1) is 13.6.